The van der Waals surface area contributed by atoms with Crippen LogP contribution in [-0.4, -0.2) is 75.6 Å². The third-order valence-electron chi connectivity index (χ3n) is 3.72. The van der Waals surface area contributed by atoms with Gasteiger partial charge in [-0.25, -0.2) is 4.79 Å². The van der Waals surface area contributed by atoms with Crippen LogP contribution < -0.4 is 21.7 Å². The summed E-state index contributed by atoms with van der Waals surface area (Å²) in [5, 5.41) is 33.3. The Morgan fingerprint density at radius 2 is 1.38 bits per heavy atom. The molecule has 3 atom stereocenters. The first-order chi connectivity index (χ1) is 13.4. The molecule has 3 amide bonds. The Hall–Kier alpha value is -3.22. The van der Waals surface area contributed by atoms with E-state index in [1.165, 1.54) is 0 Å². The summed E-state index contributed by atoms with van der Waals surface area (Å²) in [5.41, 5.74) is 5.19. The number of hydrogen-bond donors (Lipinski definition) is 7. The summed E-state index contributed by atoms with van der Waals surface area (Å²) in [5.74, 6) is -7.30. The normalized spacial score (nSPS) is 13.7. The van der Waals surface area contributed by atoms with Crippen LogP contribution in [-0.2, 0) is 28.8 Å². The highest BCUT2D eigenvalue weighted by molar-refractivity contribution is 5.95. The molecular formula is C16H26N4O9. The fraction of sp³-hybridized carbons (Fsp3) is 0.625. The van der Waals surface area contributed by atoms with Gasteiger partial charge in [0, 0.05) is 6.42 Å². The summed E-state index contributed by atoms with van der Waals surface area (Å²) < 4.78 is 0. The molecule has 0 aromatic heterocycles. The van der Waals surface area contributed by atoms with Gasteiger partial charge in [-0.1, -0.05) is 13.8 Å². The van der Waals surface area contributed by atoms with Gasteiger partial charge in [-0.3, -0.25) is 24.0 Å². The Morgan fingerprint density at radius 3 is 1.79 bits per heavy atom. The van der Waals surface area contributed by atoms with Gasteiger partial charge in [-0.05, 0) is 12.3 Å². The molecule has 3 unspecified atom stereocenters. The number of amides is 3. The number of hydrogen-bond acceptors (Lipinski definition) is 7. The smallest absolute Gasteiger partial charge is 0.326 e. The lowest BCUT2D eigenvalue weighted by atomic mass is 10.0. The number of rotatable bonds is 13. The Morgan fingerprint density at radius 1 is 0.828 bits per heavy atom. The average Bonchev–Trinajstić information content (AvgIpc) is 2.60. The minimum Gasteiger partial charge on any atom is -0.481 e. The molecule has 8 N–H and O–H groups in total. The van der Waals surface area contributed by atoms with Gasteiger partial charge < -0.3 is 37.0 Å². The molecule has 29 heavy (non-hydrogen) atoms. The highest BCUT2D eigenvalue weighted by atomic mass is 16.4. The molecule has 0 radical (unpaired) electrons. The van der Waals surface area contributed by atoms with Crippen molar-refractivity contribution in [2.24, 2.45) is 11.7 Å². The molecule has 0 aromatic carbocycles. The maximum absolute atomic E-state index is 12.4. The Balaban J connectivity index is 5.35. The third-order valence-corrected chi connectivity index (χ3v) is 3.72. The van der Waals surface area contributed by atoms with Crippen molar-refractivity contribution >= 4 is 35.6 Å². The van der Waals surface area contributed by atoms with Crippen molar-refractivity contribution in [2.45, 2.75) is 51.2 Å². The van der Waals surface area contributed by atoms with E-state index in [4.69, 9.17) is 21.1 Å². The fourth-order valence-electron chi connectivity index (χ4n) is 2.21. The molecule has 0 rings (SSSR count). The minimum absolute atomic E-state index is 0.389. The summed E-state index contributed by atoms with van der Waals surface area (Å²) in [6, 6.07) is -4.36. The van der Waals surface area contributed by atoms with E-state index in [0.717, 1.165) is 0 Å². The molecule has 0 aromatic rings. The summed E-state index contributed by atoms with van der Waals surface area (Å²) in [6.07, 6.45) is -1.85. The summed E-state index contributed by atoms with van der Waals surface area (Å²) in [6.45, 7) is 2.80. The Bertz CT molecular complexity index is 650. The maximum Gasteiger partial charge on any atom is 0.326 e. The van der Waals surface area contributed by atoms with E-state index in [0.29, 0.717) is 0 Å². The number of nitrogens with two attached hydrogens (primary N) is 1. The number of aliphatic carboxylic acids is 3. The second-order valence-corrected chi connectivity index (χ2v) is 6.48. The van der Waals surface area contributed by atoms with Crippen LogP contribution in [0.3, 0.4) is 0 Å². The molecule has 0 heterocycles. The second-order valence-electron chi connectivity index (χ2n) is 6.48. The van der Waals surface area contributed by atoms with Crippen LogP contribution in [0.2, 0.25) is 0 Å². The Kier molecular flexibility index (Phi) is 10.9. The zero-order valence-electron chi connectivity index (χ0n) is 16.0. The number of carboxylic acid groups (broad SMARTS) is 3. The van der Waals surface area contributed by atoms with Crippen LogP contribution in [0, 0.1) is 5.92 Å². The van der Waals surface area contributed by atoms with E-state index in [2.05, 4.69) is 10.6 Å². The van der Waals surface area contributed by atoms with Gasteiger partial charge >= 0.3 is 17.9 Å². The average molecular weight is 418 g/mol. The third kappa shape index (κ3) is 10.0. The van der Waals surface area contributed by atoms with Gasteiger partial charge in [0.05, 0.1) is 13.0 Å². The predicted molar refractivity (Wildman–Crippen MR) is 96.4 cm³/mol. The van der Waals surface area contributed by atoms with Crippen molar-refractivity contribution in [2.75, 3.05) is 6.54 Å². The molecule has 0 bridgehead atoms. The van der Waals surface area contributed by atoms with Crippen LogP contribution in [0.25, 0.3) is 0 Å². The number of carbonyl (C=O) groups excluding carboxylic acids is 3. The standard InChI is InChI=1S/C16H26N4O9/c1-7(2)13(20-10(21)6-17)15(27)19-9(5-12(24)25)14(26)18-8(16(28)29)3-4-11(22)23/h7-9,13H,3-6,17H2,1-2H3,(H,18,26)(H,19,27)(H,20,21)(H,22,23)(H,24,25)(H,28,29). The second kappa shape index (κ2) is 12.3. The summed E-state index contributed by atoms with van der Waals surface area (Å²) in [4.78, 5) is 69.1. The van der Waals surface area contributed by atoms with Crippen molar-refractivity contribution in [3.05, 3.63) is 0 Å². The van der Waals surface area contributed by atoms with Crippen LogP contribution in [0.4, 0.5) is 0 Å². The van der Waals surface area contributed by atoms with E-state index in [1.54, 1.807) is 13.8 Å². The molecule has 0 aliphatic heterocycles. The van der Waals surface area contributed by atoms with Gasteiger partial charge in [-0.2, -0.15) is 0 Å². The molecule has 0 aliphatic carbocycles. The fourth-order valence-corrected chi connectivity index (χ4v) is 2.21. The van der Waals surface area contributed by atoms with E-state index in [9.17, 15) is 28.8 Å². The lowest BCUT2D eigenvalue weighted by Gasteiger charge is -2.25. The number of nitrogens with one attached hydrogen (secondary N) is 3. The van der Waals surface area contributed by atoms with Gasteiger partial charge in [-0.15, -0.1) is 0 Å². The van der Waals surface area contributed by atoms with E-state index < -0.39 is 78.9 Å². The summed E-state index contributed by atoms with van der Waals surface area (Å²) in [7, 11) is 0. The molecule has 0 fully saturated rings. The topological polar surface area (TPSA) is 225 Å². The van der Waals surface area contributed by atoms with E-state index in [-0.39, 0.29) is 6.54 Å². The molecule has 13 heteroatoms. The van der Waals surface area contributed by atoms with Gasteiger partial charge in [0.1, 0.15) is 18.1 Å². The van der Waals surface area contributed by atoms with Crippen molar-refractivity contribution in [1.82, 2.24) is 16.0 Å². The minimum atomic E-state index is -1.65. The first-order valence-electron chi connectivity index (χ1n) is 8.65. The largest absolute Gasteiger partial charge is 0.481 e. The monoisotopic (exact) mass is 418 g/mol. The predicted octanol–water partition coefficient (Wildman–Crippen LogP) is -2.52. The molecule has 164 valence electrons. The lowest BCUT2D eigenvalue weighted by Crippen LogP contribution is -2.57. The van der Waals surface area contributed by atoms with Gasteiger partial charge in [0.25, 0.3) is 0 Å². The van der Waals surface area contributed by atoms with Crippen LogP contribution in [0.15, 0.2) is 0 Å². The number of carbonyl (C=O) groups is 6. The zero-order chi connectivity index (χ0) is 22.7. The molecule has 0 saturated carbocycles. The van der Waals surface area contributed by atoms with Crippen LogP contribution in [0.1, 0.15) is 33.1 Å². The van der Waals surface area contributed by atoms with Gasteiger partial charge in [0.15, 0.2) is 0 Å². The van der Waals surface area contributed by atoms with Crippen LogP contribution in [0.5, 0.6) is 0 Å². The van der Waals surface area contributed by atoms with E-state index in [1.807, 2.05) is 5.32 Å². The van der Waals surface area contributed by atoms with Crippen molar-refractivity contribution in [3.8, 4) is 0 Å². The highest BCUT2D eigenvalue weighted by Gasteiger charge is 2.32. The highest BCUT2D eigenvalue weighted by Crippen LogP contribution is 2.05. The maximum atomic E-state index is 12.4. The van der Waals surface area contributed by atoms with Crippen molar-refractivity contribution in [3.63, 3.8) is 0 Å². The SMILES string of the molecule is CC(C)C(NC(=O)CN)C(=O)NC(CC(=O)O)C(=O)NC(CCC(=O)O)C(=O)O. The molecule has 0 spiro atoms. The summed E-state index contributed by atoms with van der Waals surface area (Å²) >= 11 is 0. The quantitative estimate of drug-likeness (QED) is 0.166. The number of carboxylic acids is 3. The van der Waals surface area contributed by atoms with Gasteiger partial charge in [0.2, 0.25) is 17.7 Å². The van der Waals surface area contributed by atoms with Crippen molar-refractivity contribution in [1.29, 1.82) is 0 Å². The molecular weight excluding hydrogens is 392 g/mol. The molecule has 0 aliphatic rings. The molecule has 0 saturated heterocycles. The van der Waals surface area contributed by atoms with E-state index >= 15 is 0 Å². The first-order valence-corrected chi connectivity index (χ1v) is 8.65. The van der Waals surface area contributed by atoms with Crippen molar-refractivity contribution < 1.29 is 44.1 Å². The lowest BCUT2D eigenvalue weighted by molar-refractivity contribution is -0.144. The Labute approximate surface area is 166 Å². The molecule has 13 nitrogen and oxygen atoms in total. The first kappa shape index (κ1) is 25.8. The zero-order valence-corrected chi connectivity index (χ0v) is 16.0. The van der Waals surface area contributed by atoms with Crippen LogP contribution >= 0.6 is 0 Å².